The highest BCUT2D eigenvalue weighted by molar-refractivity contribution is 5.81. The molecule has 0 aromatic carbocycles. The molecule has 15 heavy (non-hydrogen) atoms. The van der Waals surface area contributed by atoms with Gasteiger partial charge in [0, 0.05) is 12.3 Å². The van der Waals surface area contributed by atoms with Crippen LogP contribution in [0.2, 0.25) is 0 Å². The minimum atomic E-state index is -0.223. The third-order valence-corrected chi connectivity index (χ3v) is 4.15. The maximum Gasteiger partial charge on any atom is 0.225 e. The lowest BCUT2D eigenvalue weighted by Crippen LogP contribution is -2.46. The van der Waals surface area contributed by atoms with E-state index in [-0.39, 0.29) is 17.7 Å². The molecule has 2 aliphatic heterocycles. The number of fused-ring (bicyclic) bond motifs is 2. The van der Waals surface area contributed by atoms with Crippen LogP contribution in [0, 0.1) is 5.92 Å². The molecule has 0 unspecified atom stereocenters. The van der Waals surface area contributed by atoms with E-state index in [4.69, 9.17) is 4.74 Å². The summed E-state index contributed by atoms with van der Waals surface area (Å²) in [5.74, 6) is 0.571. The molecule has 2 heterocycles. The highest BCUT2D eigenvalue weighted by atomic mass is 16.5. The second kappa shape index (κ2) is 3.08. The lowest BCUT2D eigenvalue weighted by molar-refractivity contribution is -0.145. The Morgan fingerprint density at radius 2 is 2.20 bits per heavy atom. The van der Waals surface area contributed by atoms with Crippen LogP contribution in [-0.4, -0.2) is 29.2 Å². The molecule has 1 spiro atoms. The number of nitrogens with zero attached hydrogens (tertiary/aromatic N) is 1. The van der Waals surface area contributed by atoms with Crippen molar-refractivity contribution in [1.29, 1.82) is 0 Å². The van der Waals surface area contributed by atoms with E-state index < -0.39 is 0 Å². The van der Waals surface area contributed by atoms with Crippen LogP contribution < -0.4 is 0 Å². The number of ether oxygens (including phenoxy) is 1. The molecule has 3 nitrogen and oxygen atoms in total. The summed E-state index contributed by atoms with van der Waals surface area (Å²) in [7, 11) is 0. The zero-order valence-electron chi connectivity index (χ0n) is 8.95. The highest BCUT2D eigenvalue weighted by Gasteiger charge is 2.56. The molecule has 3 heteroatoms. The summed E-state index contributed by atoms with van der Waals surface area (Å²) >= 11 is 0. The van der Waals surface area contributed by atoms with Gasteiger partial charge in [-0.05, 0) is 25.7 Å². The van der Waals surface area contributed by atoms with E-state index in [0.29, 0.717) is 18.9 Å². The van der Waals surface area contributed by atoms with E-state index in [0.717, 1.165) is 12.8 Å². The molecule has 0 bridgehead atoms. The molecule has 0 aromatic heterocycles. The molecule has 2 atom stereocenters. The first kappa shape index (κ1) is 9.40. The first-order valence-electron chi connectivity index (χ1n) is 5.85. The van der Waals surface area contributed by atoms with Gasteiger partial charge in [0.05, 0.1) is 12.6 Å². The van der Waals surface area contributed by atoms with E-state index in [1.54, 1.807) is 0 Å². The molecule has 0 radical (unpaired) electrons. The summed E-state index contributed by atoms with van der Waals surface area (Å²) in [6.45, 7) is 4.53. The Hall–Kier alpha value is -0.830. The van der Waals surface area contributed by atoms with Gasteiger partial charge in [-0.1, -0.05) is 6.08 Å². The molecule has 3 aliphatic rings. The average molecular weight is 207 g/mol. The molecule has 1 saturated carbocycles. The fraction of sp³-hybridized carbons (Fsp3) is 0.750. The van der Waals surface area contributed by atoms with Crippen molar-refractivity contribution in [1.82, 2.24) is 4.90 Å². The standard InChI is InChI=1S/C12H17NO2/c1-2-9-7-11(14)13-10(9)8-15-12(13)5-3-4-6-12/h2,9-10H,1,3-8H2/t9-,10-/m1/s1. The van der Waals surface area contributed by atoms with Crippen LogP contribution in [0.15, 0.2) is 12.7 Å². The van der Waals surface area contributed by atoms with Crippen LogP contribution in [-0.2, 0) is 9.53 Å². The van der Waals surface area contributed by atoms with Crippen molar-refractivity contribution in [3.63, 3.8) is 0 Å². The van der Waals surface area contributed by atoms with Crippen molar-refractivity contribution in [2.45, 2.75) is 43.9 Å². The van der Waals surface area contributed by atoms with Crippen LogP contribution >= 0.6 is 0 Å². The van der Waals surface area contributed by atoms with Crippen LogP contribution in [0.5, 0.6) is 0 Å². The minimum Gasteiger partial charge on any atom is -0.353 e. The molecular formula is C12H17NO2. The SMILES string of the molecule is C=C[C@@H]1CC(=O)N2[C@@H]1COC21CCCC1. The van der Waals surface area contributed by atoms with Gasteiger partial charge in [-0.15, -0.1) is 6.58 Å². The fourth-order valence-corrected chi connectivity index (χ4v) is 3.40. The van der Waals surface area contributed by atoms with Gasteiger partial charge in [-0.3, -0.25) is 4.79 Å². The summed E-state index contributed by atoms with van der Waals surface area (Å²) < 4.78 is 5.93. The first-order chi connectivity index (χ1) is 7.27. The molecule has 1 aliphatic carbocycles. The quantitative estimate of drug-likeness (QED) is 0.612. The monoisotopic (exact) mass is 207 g/mol. The van der Waals surface area contributed by atoms with E-state index in [9.17, 15) is 4.79 Å². The Kier molecular flexibility index (Phi) is 1.93. The Labute approximate surface area is 90.1 Å². The average Bonchev–Trinajstić information content (AvgIpc) is 2.89. The van der Waals surface area contributed by atoms with Crippen LogP contribution in [0.3, 0.4) is 0 Å². The summed E-state index contributed by atoms with van der Waals surface area (Å²) in [6, 6.07) is 0.271. The molecule has 0 aromatic rings. The first-order valence-corrected chi connectivity index (χ1v) is 5.85. The molecule has 2 saturated heterocycles. The third-order valence-electron chi connectivity index (χ3n) is 4.15. The Bertz CT molecular complexity index is 307. The minimum absolute atomic E-state index is 0.223. The third kappa shape index (κ3) is 1.13. The van der Waals surface area contributed by atoms with E-state index in [1.165, 1.54) is 12.8 Å². The summed E-state index contributed by atoms with van der Waals surface area (Å²) in [5, 5.41) is 0. The summed E-state index contributed by atoms with van der Waals surface area (Å²) in [4.78, 5) is 14.0. The Morgan fingerprint density at radius 3 is 2.87 bits per heavy atom. The largest absolute Gasteiger partial charge is 0.353 e. The van der Waals surface area contributed by atoms with Crippen molar-refractivity contribution in [2.24, 2.45) is 5.92 Å². The number of carbonyl (C=O) groups is 1. The molecule has 0 N–H and O–H groups in total. The van der Waals surface area contributed by atoms with Gasteiger partial charge >= 0.3 is 0 Å². The predicted octanol–water partition coefficient (Wildman–Crippen LogP) is 1.69. The number of hydrogen-bond donors (Lipinski definition) is 0. The smallest absolute Gasteiger partial charge is 0.225 e. The molecular weight excluding hydrogens is 190 g/mol. The summed E-state index contributed by atoms with van der Waals surface area (Å²) in [5.41, 5.74) is -0.223. The maximum atomic E-state index is 12.0. The normalized spacial score (nSPS) is 37.6. The maximum absolute atomic E-state index is 12.0. The highest BCUT2D eigenvalue weighted by Crippen LogP contribution is 2.47. The van der Waals surface area contributed by atoms with Crippen LogP contribution in [0.4, 0.5) is 0 Å². The van der Waals surface area contributed by atoms with Crippen molar-refractivity contribution in [3.05, 3.63) is 12.7 Å². The van der Waals surface area contributed by atoms with Gasteiger partial charge < -0.3 is 9.64 Å². The lowest BCUT2D eigenvalue weighted by Gasteiger charge is -2.33. The van der Waals surface area contributed by atoms with Crippen LogP contribution in [0.25, 0.3) is 0 Å². The van der Waals surface area contributed by atoms with Gasteiger partial charge in [0.25, 0.3) is 0 Å². The van der Waals surface area contributed by atoms with E-state index in [2.05, 4.69) is 6.58 Å². The number of amides is 1. The van der Waals surface area contributed by atoms with Crippen molar-refractivity contribution >= 4 is 5.91 Å². The molecule has 1 amide bonds. The fourth-order valence-electron chi connectivity index (χ4n) is 3.40. The molecule has 3 rings (SSSR count). The second-order valence-electron chi connectivity index (χ2n) is 4.90. The Balaban J connectivity index is 1.92. The van der Waals surface area contributed by atoms with Crippen molar-refractivity contribution < 1.29 is 9.53 Å². The van der Waals surface area contributed by atoms with Gasteiger partial charge in [-0.2, -0.15) is 0 Å². The Morgan fingerprint density at radius 1 is 1.47 bits per heavy atom. The van der Waals surface area contributed by atoms with Crippen molar-refractivity contribution in [3.8, 4) is 0 Å². The van der Waals surface area contributed by atoms with Gasteiger partial charge in [-0.25, -0.2) is 0 Å². The van der Waals surface area contributed by atoms with Gasteiger partial charge in [0.1, 0.15) is 5.72 Å². The number of rotatable bonds is 1. The predicted molar refractivity (Wildman–Crippen MR) is 56.1 cm³/mol. The molecule has 3 fully saturated rings. The number of hydrogen-bond acceptors (Lipinski definition) is 2. The van der Waals surface area contributed by atoms with Gasteiger partial charge in [0.2, 0.25) is 5.91 Å². The summed E-state index contributed by atoms with van der Waals surface area (Å²) in [6.07, 6.45) is 6.99. The van der Waals surface area contributed by atoms with Crippen molar-refractivity contribution in [2.75, 3.05) is 6.61 Å². The zero-order valence-corrected chi connectivity index (χ0v) is 8.95. The lowest BCUT2D eigenvalue weighted by atomic mass is 10.0. The molecule has 82 valence electrons. The number of carbonyl (C=O) groups excluding carboxylic acids is 1. The van der Waals surface area contributed by atoms with E-state index in [1.807, 2.05) is 11.0 Å². The van der Waals surface area contributed by atoms with E-state index >= 15 is 0 Å². The zero-order chi connectivity index (χ0) is 10.5. The van der Waals surface area contributed by atoms with Crippen LogP contribution in [0.1, 0.15) is 32.1 Å². The second-order valence-corrected chi connectivity index (χ2v) is 4.90. The van der Waals surface area contributed by atoms with Gasteiger partial charge in [0.15, 0.2) is 0 Å². The topological polar surface area (TPSA) is 29.5 Å².